The third-order valence-corrected chi connectivity index (χ3v) is 4.26. The Hall–Kier alpha value is -1.85. The molecule has 1 atom stereocenters. The quantitative estimate of drug-likeness (QED) is 0.909. The normalized spacial score (nSPS) is 16.8. The van der Waals surface area contributed by atoms with Crippen LogP contribution in [0.5, 0.6) is 0 Å². The predicted octanol–water partition coefficient (Wildman–Crippen LogP) is 2.01. The minimum atomic E-state index is 0.0605. The Kier molecular flexibility index (Phi) is 3.23. The molecule has 0 aromatic carbocycles. The van der Waals surface area contributed by atoms with Crippen molar-refractivity contribution in [2.24, 2.45) is 0 Å². The molecule has 2 aromatic rings. The molecule has 0 saturated carbocycles. The third-order valence-electron chi connectivity index (χ3n) is 4.26. The van der Waals surface area contributed by atoms with Crippen LogP contribution in [0.1, 0.15) is 55.3 Å². The van der Waals surface area contributed by atoms with Crippen LogP contribution in [-0.2, 0) is 13.0 Å². The highest BCUT2D eigenvalue weighted by atomic mass is 15.4. The van der Waals surface area contributed by atoms with Gasteiger partial charge in [0.2, 0.25) is 0 Å². The molecule has 6 nitrogen and oxygen atoms in total. The Morgan fingerprint density at radius 3 is 2.65 bits per heavy atom. The zero-order valence-corrected chi connectivity index (χ0v) is 12.4. The molecule has 0 radical (unpaired) electrons. The highest BCUT2D eigenvalue weighted by molar-refractivity contribution is 5.47. The van der Waals surface area contributed by atoms with Crippen molar-refractivity contribution in [1.82, 2.24) is 24.5 Å². The van der Waals surface area contributed by atoms with E-state index in [9.17, 15) is 0 Å². The number of aromatic nitrogens is 5. The van der Waals surface area contributed by atoms with Crippen molar-refractivity contribution in [3.63, 3.8) is 0 Å². The second kappa shape index (κ2) is 4.92. The zero-order chi connectivity index (χ0) is 14.3. The van der Waals surface area contributed by atoms with Gasteiger partial charge in [-0.05, 0) is 33.6 Å². The van der Waals surface area contributed by atoms with E-state index >= 15 is 0 Å². The summed E-state index contributed by atoms with van der Waals surface area (Å²) in [6.07, 6.45) is 4.70. The summed E-state index contributed by atoms with van der Waals surface area (Å²) in [7, 11) is 0. The van der Waals surface area contributed by atoms with Gasteiger partial charge < -0.3 is 10.3 Å². The fraction of sp³-hybridized carbons (Fsp3) is 0.643. The first-order chi connectivity index (χ1) is 9.59. The van der Waals surface area contributed by atoms with Crippen molar-refractivity contribution in [2.75, 3.05) is 5.73 Å². The van der Waals surface area contributed by atoms with E-state index < -0.39 is 0 Å². The molecule has 108 valence electrons. The molecule has 20 heavy (non-hydrogen) atoms. The van der Waals surface area contributed by atoms with Crippen LogP contribution in [0, 0.1) is 13.8 Å². The van der Waals surface area contributed by atoms with E-state index in [-0.39, 0.29) is 6.04 Å². The summed E-state index contributed by atoms with van der Waals surface area (Å²) >= 11 is 0. The van der Waals surface area contributed by atoms with Gasteiger partial charge in [0.05, 0.1) is 17.1 Å². The molecule has 2 N–H and O–H groups in total. The van der Waals surface area contributed by atoms with Crippen LogP contribution in [-0.4, -0.2) is 24.5 Å². The summed E-state index contributed by atoms with van der Waals surface area (Å²) in [6.45, 7) is 7.07. The van der Waals surface area contributed by atoms with Crippen LogP contribution < -0.4 is 5.73 Å². The van der Waals surface area contributed by atoms with Crippen molar-refractivity contribution in [2.45, 2.75) is 59.0 Å². The average Bonchev–Trinajstić information content (AvgIpc) is 2.84. The molecule has 1 aliphatic heterocycles. The zero-order valence-electron chi connectivity index (χ0n) is 12.4. The van der Waals surface area contributed by atoms with E-state index in [4.69, 9.17) is 5.73 Å². The highest BCUT2D eigenvalue weighted by Crippen LogP contribution is 2.25. The number of fused-ring (bicyclic) bond motifs is 1. The maximum absolute atomic E-state index is 6.03. The van der Waals surface area contributed by atoms with Crippen LogP contribution in [0.15, 0.2) is 0 Å². The van der Waals surface area contributed by atoms with E-state index in [2.05, 4.69) is 26.8 Å². The lowest BCUT2D eigenvalue weighted by Gasteiger charge is -2.15. The van der Waals surface area contributed by atoms with Crippen LogP contribution in [0.25, 0.3) is 0 Å². The van der Waals surface area contributed by atoms with Crippen molar-refractivity contribution in [1.29, 1.82) is 0 Å². The number of anilines is 1. The van der Waals surface area contributed by atoms with Gasteiger partial charge in [-0.1, -0.05) is 6.42 Å². The molecule has 0 spiro atoms. The maximum Gasteiger partial charge on any atom is 0.157 e. The summed E-state index contributed by atoms with van der Waals surface area (Å²) < 4.78 is 4.23. The second-order valence-corrected chi connectivity index (χ2v) is 5.64. The summed E-state index contributed by atoms with van der Waals surface area (Å²) in [4.78, 5) is 0. The average molecular weight is 274 g/mol. The van der Waals surface area contributed by atoms with Gasteiger partial charge >= 0.3 is 0 Å². The minimum absolute atomic E-state index is 0.0605. The lowest BCUT2D eigenvalue weighted by molar-refractivity contribution is 0.484. The van der Waals surface area contributed by atoms with E-state index in [1.54, 1.807) is 0 Å². The summed E-state index contributed by atoms with van der Waals surface area (Å²) in [5.41, 5.74) is 8.68. The number of nitrogen functional groups attached to an aromatic ring is 1. The van der Waals surface area contributed by atoms with Gasteiger partial charge in [-0.2, -0.15) is 5.10 Å². The monoisotopic (exact) mass is 274 g/mol. The first-order valence-electron chi connectivity index (χ1n) is 7.32. The second-order valence-electron chi connectivity index (χ2n) is 5.64. The molecule has 1 aliphatic rings. The number of aryl methyl sites for hydroxylation is 2. The van der Waals surface area contributed by atoms with E-state index in [0.29, 0.717) is 0 Å². The first kappa shape index (κ1) is 13.1. The summed E-state index contributed by atoms with van der Waals surface area (Å²) in [6, 6.07) is 0.0605. The van der Waals surface area contributed by atoms with Crippen molar-refractivity contribution >= 4 is 5.69 Å². The molecule has 6 heteroatoms. The molecule has 3 rings (SSSR count). The third kappa shape index (κ3) is 1.99. The Morgan fingerprint density at radius 2 is 1.95 bits per heavy atom. The number of rotatable bonds is 2. The smallest absolute Gasteiger partial charge is 0.157 e. The Balaban J connectivity index is 2.00. The number of hydrogen-bond acceptors (Lipinski definition) is 4. The maximum atomic E-state index is 6.03. The van der Waals surface area contributed by atoms with Gasteiger partial charge in [-0.15, -0.1) is 10.2 Å². The van der Waals surface area contributed by atoms with Gasteiger partial charge in [0.1, 0.15) is 11.9 Å². The van der Waals surface area contributed by atoms with Gasteiger partial charge in [0.25, 0.3) is 0 Å². The van der Waals surface area contributed by atoms with Crippen LogP contribution in [0.2, 0.25) is 0 Å². The molecule has 3 heterocycles. The predicted molar refractivity (Wildman–Crippen MR) is 77.5 cm³/mol. The van der Waals surface area contributed by atoms with Crippen molar-refractivity contribution in [3.05, 3.63) is 23.0 Å². The van der Waals surface area contributed by atoms with E-state index in [1.165, 1.54) is 19.3 Å². The highest BCUT2D eigenvalue weighted by Gasteiger charge is 2.23. The van der Waals surface area contributed by atoms with Gasteiger partial charge in [0, 0.05) is 13.0 Å². The fourth-order valence-electron chi connectivity index (χ4n) is 2.98. The van der Waals surface area contributed by atoms with E-state index in [1.807, 2.05) is 18.5 Å². The number of nitrogens with zero attached hydrogens (tertiary/aromatic N) is 5. The van der Waals surface area contributed by atoms with Gasteiger partial charge in [-0.25, -0.2) is 0 Å². The topological polar surface area (TPSA) is 74.5 Å². The van der Waals surface area contributed by atoms with Crippen LogP contribution in [0.4, 0.5) is 5.69 Å². The Labute approximate surface area is 119 Å². The SMILES string of the molecule is Cc1nn([C@H](C)c2nnc3n2CCCCC3)c(C)c1N. The van der Waals surface area contributed by atoms with E-state index in [0.717, 1.165) is 41.7 Å². The Morgan fingerprint density at radius 1 is 1.15 bits per heavy atom. The van der Waals surface area contributed by atoms with Gasteiger partial charge in [0.15, 0.2) is 5.82 Å². The molecule has 0 amide bonds. The van der Waals surface area contributed by atoms with Crippen LogP contribution >= 0.6 is 0 Å². The van der Waals surface area contributed by atoms with Gasteiger partial charge in [-0.3, -0.25) is 4.68 Å². The lowest BCUT2D eigenvalue weighted by Crippen LogP contribution is -2.17. The molecule has 2 aromatic heterocycles. The molecular formula is C14H22N6. The molecule has 0 fully saturated rings. The number of nitrogens with two attached hydrogens (primary N) is 1. The summed E-state index contributed by atoms with van der Waals surface area (Å²) in [5.74, 6) is 2.10. The number of hydrogen-bond donors (Lipinski definition) is 1. The lowest BCUT2D eigenvalue weighted by atomic mass is 10.2. The fourth-order valence-corrected chi connectivity index (χ4v) is 2.98. The molecule has 0 bridgehead atoms. The van der Waals surface area contributed by atoms with Crippen molar-refractivity contribution < 1.29 is 0 Å². The molecular weight excluding hydrogens is 252 g/mol. The molecule has 0 saturated heterocycles. The minimum Gasteiger partial charge on any atom is -0.396 e. The Bertz CT molecular complexity index is 624. The standard InChI is InChI=1S/C14H22N6/c1-9-13(15)10(2)20(18-9)11(3)14-17-16-12-7-5-4-6-8-19(12)14/h11H,4-8,15H2,1-3H3/t11-/m1/s1. The van der Waals surface area contributed by atoms with Crippen LogP contribution in [0.3, 0.4) is 0 Å². The summed E-state index contributed by atoms with van der Waals surface area (Å²) in [5, 5.41) is 13.3. The molecule has 0 aliphatic carbocycles. The molecule has 0 unspecified atom stereocenters. The van der Waals surface area contributed by atoms with Crippen molar-refractivity contribution in [3.8, 4) is 0 Å². The largest absolute Gasteiger partial charge is 0.396 e. The first-order valence-corrected chi connectivity index (χ1v) is 7.32.